The maximum atomic E-state index is 13.4. The van der Waals surface area contributed by atoms with Crippen LogP contribution < -0.4 is 4.90 Å². The lowest BCUT2D eigenvalue weighted by Crippen LogP contribution is -2.30. The Balaban J connectivity index is 1.73. The molecule has 6 heteroatoms. The van der Waals surface area contributed by atoms with Crippen LogP contribution in [0.1, 0.15) is 34.2 Å². The number of rotatable bonds is 6. The molecule has 1 heterocycles. The zero-order valence-electron chi connectivity index (χ0n) is 18.6. The number of hydrogen-bond acceptors (Lipinski definition) is 5. The molecule has 0 unspecified atom stereocenters. The van der Waals surface area contributed by atoms with Gasteiger partial charge in [0.1, 0.15) is 17.3 Å². The molecule has 1 aromatic heterocycles. The third-order valence-corrected chi connectivity index (χ3v) is 5.46. The maximum Gasteiger partial charge on any atom is 0.262 e. The Kier molecular flexibility index (Phi) is 6.36. The van der Waals surface area contributed by atoms with Gasteiger partial charge in [-0.2, -0.15) is 0 Å². The number of aromatic nitrogens is 2. The number of carbonyl (C=O) groups is 1. The van der Waals surface area contributed by atoms with E-state index in [0.717, 1.165) is 28.8 Å². The highest BCUT2D eigenvalue weighted by atomic mass is 16.3. The standard InChI is InChI=1S/C27H25N3O3/c1-3-20-16-28-18(2)29-26(20)21-9-11-22(12-10-21)30(17-19-7-5-4-6-8-19)27(33)24-14-13-23(31)15-25(24)32/h4-16,31-32H,3,17H2,1-2H3. The Morgan fingerprint density at radius 2 is 1.70 bits per heavy atom. The van der Waals surface area contributed by atoms with Gasteiger partial charge in [0.2, 0.25) is 0 Å². The van der Waals surface area contributed by atoms with Crippen LogP contribution in [0.2, 0.25) is 0 Å². The zero-order chi connectivity index (χ0) is 23.4. The molecule has 0 radical (unpaired) electrons. The third kappa shape index (κ3) is 4.85. The molecule has 6 nitrogen and oxygen atoms in total. The smallest absolute Gasteiger partial charge is 0.262 e. The van der Waals surface area contributed by atoms with Crippen molar-refractivity contribution in [2.45, 2.75) is 26.8 Å². The van der Waals surface area contributed by atoms with E-state index in [1.54, 1.807) is 4.90 Å². The molecule has 4 rings (SSSR count). The van der Waals surface area contributed by atoms with Gasteiger partial charge in [0, 0.05) is 23.5 Å². The number of phenolic OH excluding ortho intramolecular Hbond substituents is 2. The monoisotopic (exact) mass is 439 g/mol. The number of anilines is 1. The van der Waals surface area contributed by atoms with Gasteiger partial charge in [-0.15, -0.1) is 0 Å². The molecule has 3 aromatic carbocycles. The first-order valence-electron chi connectivity index (χ1n) is 10.8. The summed E-state index contributed by atoms with van der Waals surface area (Å²) in [6.45, 7) is 4.25. The van der Waals surface area contributed by atoms with E-state index in [4.69, 9.17) is 0 Å². The fraction of sp³-hybridized carbons (Fsp3) is 0.148. The number of phenols is 2. The topological polar surface area (TPSA) is 86.6 Å². The van der Waals surface area contributed by atoms with Gasteiger partial charge in [0.25, 0.3) is 5.91 Å². The molecular weight excluding hydrogens is 414 g/mol. The minimum atomic E-state index is -0.365. The highest BCUT2D eigenvalue weighted by molar-refractivity contribution is 6.08. The number of hydrogen-bond donors (Lipinski definition) is 2. The number of amides is 1. The largest absolute Gasteiger partial charge is 0.508 e. The van der Waals surface area contributed by atoms with Gasteiger partial charge in [-0.1, -0.05) is 49.4 Å². The van der Waals surface area contributed by atoms with Gasteiger partial charge in [0.15, 0.2) is 0 Å². The van der Waals surface area contributed by atoms with Crippen molar-refractivity contribution < 1.29 is 15.0 Å². The molecule has 0 fully saturated rings. The second-order valence-corrected chi connectivity index (χ2v) is 7.77. The van der Waals surface area contributed by atoms with Gasteiger partial charge >= 0.3 is 0 Å². The summed E-state index contributed by atoms with van der Waals surface area (Å²) in [7, 11) is 0. The summed E-state index contributed by atoms with van der Waals surface area (Å²) in [5.41, 5.74) is 4.64. The zero-order valence-corrected chi connectivity index (χ0v) is 18.6. The summed E-state index contributed by atoms with van der Waals surface area (Å²) < 4.78 is 0. The van der Waals surface area contributed by atoms with Crippen LogP contribution in [0.25, 0.3) is 11.3 Å². The van der Waals surface area contributed by atoms with E-state index < -0.39 is 0 Å². The first-order valence-corrected chi connectivity index (χ1v) is 10.8. The quantitative estimate of drug-likeness (QED) is 0.427. The van der Waals surface area contributed by atoms with Gasteiger partial charge < -0.3 is 15.1 Å². The van der Waals surface area contributed by atoms with E-state index in [2.05, 4.69) is 16.9 Å². The van der Waals surface area contributed by atoms with Crippen LogP contribution in [0.5, 0.6) is 11.5 Å². The van der Waals surface area contributed by atoms with Crippen LogP contribution in [-0.2, 0) is 13.0 Å². The Labute approximate surface area is 192 Å². The molecule has 2 N–H and O–H groups in total. The molecule has 166 valence electrons. The van der Waals surface area contributed by atoms with Gasteiger partial charge in [-0.3, -0.25) is 4.79 Å². The van der Waals surface area contributed by atoms with E-state index in [1.807, 2.05) is 67.7 Å². The molecule has 0 aliphatic rings. The normalized spacial score (nSPS) is 10.7. The molecule has 0 saturated heterocycles. The summed E-state index contributed by atoms with van der Waals surface area (Å²) in [4.78, 5) is 24.0. The average Bonchev–Trinajstić information content (AvgIpc) is 2.83. The van der Waals surface area contributed by atoms with Crippen LogP contribution in [0.4, 0.5) is 5.69 Å². The molecule has 1 amide bonds. The average molecular weight is 440 g/mol. The van der Waals surface area contributed by atoms with E-state index in [1.165, 1.54) is 18.2 Å². The van der Waals surface area contributed by atoms with Crippen molar-refractivity contribution >= 4 is 11.6 Å². The number of aryl methyl sites for hydroxylation is 2. The molecule has 4 aromatic rings. The minimum absolute atomic E-state index is 0.102. The molecule has 0 atom stereocenters. The fourth-order valence-corrected chi connectivity index (χ4v) is 3.70. The van der Waals surface area contributed by atoms with Crippen molar-refractivity contribution in [2.75, 3.05) is 4.90 Å². The van der Waals surface area contributed by atoms with Gasteiger partial charge in [-0.25, -0.2) is 9.97 Å². The first kappa shape index (κ1) is 22.0. The summed E-state index contributed by atoms with van der Waals surface area (Å²) in [5.74, 6) is -0.0280. The van der Waals surface area contributed by atoms with Crippen LogP contribution in [0.3, 0.4) is 0 Å². The van der Waals surface area contributed by atoms with Crippen molar-refractivity contribution in [3.05, 3.63) is 102 Å². The predicted octanol–water partition coefficient (Wildman–Crippen LogP) is 5.27. The van der Waals surface area contributed by atoms with Crippen molar-refractivity contribution in [1.29, 1.82) is 0 Å². The number of nitrogens with zero attached hydrogens (tertiary/aromatic N) is 3. The lowest BCUT2D eigenvalue weighted by Gasteiger charge is -2.24. The highest BCUT2D eigenvalue weighted by Gasteiger charge is 2.22. The minimum Gasteiger partial charge on any atom is -0.508 e. The van der Waals surface area contributed by atoms with Crippen LogP contribution in [0, 0.1) is 6.92 Å². The Hall–Kier alpha value is -4.19. The van der Waals surface area contributed by atoms with E-state index in [0.29, 0.717) is 18.1 Å². The maximum absolute atomic E-state index is 13.4. The number of aromatic hydroxyl groups is 2. The van der Waals surface area contributed by atoms with Crippen molar-refractivity contribution in [3.8, 4) is 22.8 Å². The van der Waals surface area contributed by atoms with E-state index in [-0.39, 0.29) is 23.0 Å². The van der Waals surface area contributed by atoms with Crippen molar-refractivity contribution in [1.82, 2.24) is 9.97 Å². The van der Waals surface area contributed by atoms with Crippen LogP contribution in [-0.4, -0.2) is 26.1 Å². The fourth-order valence-electron chi connectivity index (χ4n) is 3.70. The van der Waals surface area contributed by atoms with Crippen LogP contribution in [0.15, 0.2) is 79.0 Å². The molecular formula is C27H25N3O3. The molecule has 0 spiro atoms. The van der Waals surface area contributed by atoms with E-state index in [9.17, 15) is 15.0 Å². The first-order chi connectivity index (χ1) is 16.0. The number of benzene rings is 3. The Morgan fingerprint density at radius 1 is 0.970 bits per heavy atom. The lowest BCUT2D eigenvalue weighted by atomic mass is 10.0. The summed E-state index contributed by atoms with van der Waals surface area (Å²) >= 11 is 0. The molecule has 0 bridgehead atoms. The predicted molar refractivity (Wildman–Crippen MR) is 128 cm³/mol. The molecule has 0 aliphatic heterocycles. The van der Waals surface area contributed by atoms with Crippen molar-refractivity contribution in [3.63, 3.8) is 0 Å². The molecule has 0 saturated carbocycles. The Bertz CT molecular complexity index is 1270. The molecule has 0 aliphatic carbocycles. The summed E-state index contributed by atoms with van der Waals surface area (Å²) in [6, 6.07) is 21.3. The second-order valence-electron chi connectivity index (χ2n) is 7.77. The summed E-state index contributed by atoms with van der Waals surface area (Å²) in [5, 5.41) is 19.9. The van der Waals surface area contributed by atoms with Crippen LogP contribution >= 0.6 is 0 Å². The summed E-state index contributed by atoms with van der Waals surface area (Å²) in [6.07, 6.45) is 2.67. The molecule has 33 heavy (non-hydrogen) atoms. The van der Waals surface area contributed by atoms with E-state index >= 15 is 0 Å². The SMILES string of the molecule is CCc1cnc(C)nc1-c1ccc(N(Cc2ccccc2)C(=O)c2ccc(O)cc2O)cc1. The van der Waals surface area contributed by atoms with Gasteiger partial charge in [0.05, 0.1) is 17.8 Å². The highest BCUT2D eigenvalue weighted by Crippen LogP contribution is 2.29. The lowest BCUT2D eigenvalue weighted by molar-refractivity contribution is 0.0982. The Morgan fingerprint density at radius 3 is 2.36 bits per heavy atom. The second kappa shape index (κ2) is 9.53. The third-order valence-electron chi connectivity index (χ3n) is 5.46. The van der Waals surface area contributed by atoms with Crippen molar-refractivity contribution in [2.24, 2.45) is 0 Å². The van der Waals surface area contributed by atoms with Gasteiger partial charge in [-0.05, 0) is 48.7 Å². The number of carbonyl (C=O) groups excluding carboxylic acids is 1.